The molecule has 2 fully saturated rings. The van der Waals surface area contributed by atoms with Crippen molar-refractivity contribution in [1.29, 1.82) is 0 Å². The highest BCUT2D eigenvalue weighted by Crippen LogP contribution is 2.32. The third kappa shape index (κ3) is 5.74. The molecule has 0 saturated carbocycles. The minimum atomic E-state index is -1.72. The Morgan fingerprint density at radius 3 is 2.20 bits per heavy atom. The van der Waals surface area contributed by atoms with Gasteiger partial charge in [0.15, 0.2) is 23.2 Å². The third-order valence-electron chi connectivity index (χ3n) is 7.11. The van der Waals surface area contributed by atoms with Gasteiger partial charge in [0.05, 0.1) is 18.1 Å². The van der Waals surface area contributed by atoms with Crippen molar-refractivity contribution >= 4 is 11.0 Å². The largest absolute Gasteiger partial charge is 0.504 e. The molecule has 3 aromatic rings. The lowest BCUT2D eigenvalue weighted by Gasteiger charge is -2.42. The molecule has 10 atom stereocenters. The number of aliphatic hydroxyl groups excluding tert-OH is 6. The van der Waals surface area contributed by atoms with Crippen LogP contribution in [-0.2, 0) is 14.2 Å². The average molecular weight is 579 g/mol. The molecule has 14 heteroatoms. The second-order valence-corrected chi connectivity index (χ2v) is 9.98. The van der Waals surface area contributed by atoms with E-state index in [2.05, 4.69) is 0 Å². The van der Waals surface area contributed by atoms with Crippen molar-refractivity contribution in [3.63, 3.8) is 0 Å². The van der Waals surface area contributed by atoms with Crippen LogP contribution in [0.3, 0.4) is 0 Å². The van der Waals surface area contributed by atoms with E-state index in [9.17, 15) is 45.6 Å². The molecule has 14 nitrogen and oxygen atoms in total. The van der Waals surface area contributed by atoms with Crippen LogP contribution in [0.5, 0.6) is 17.2 Å². The molecule has 0 spiro atoms. The van der Waals surface area contributed by atoms with Crippen molar-refractivity contribution in [2.45, 2.75) is 68.3 Å². The Balaban J connectivity index is 1.33. The first-order valence-electron chi connectivity index (χ1n) is 12.7. The number of rotatable bonds is 6. The first-order valence-corrected chi connectivity index (χ1v) is 12.7. The molecule has 8 N–H and O–H groups in total. The zero-order valence-corrected chi connectivity index (χ0v) is 21.5. The van der Waals surface area contributed by atoms with Crippen molar-refractivity contribution in [3.8, 4) is 28.6 Å². The maximum atomic E-state index is 12.7. The number of phenolic OH excluding ortho intramolecular Hbond substituents is 2. The van der Waals surface area contributed by atoms with E-state index in [0.29, 0.717) is 5.56 Å². The average Bonchev–Trinajstić information content (AvgIpc) is 2.95. The van der Waals surface area contributed by atoms with Gasteiger partial charge in [-0.1, -0.05) is 0 Å². The Hall–Kier alpha value is -3.31. The smallest absolute Gasteiger partial charge is 0.229 e. The van der Waals surface area contributed by atoms with Crippen molar-refractivity contribution in [1.82, 2.24) is 0 Å². The quantitative estimate of drug-likeness (QED) is 0.162. The summed E-state index contributed by atoms with van der Waals surface area (Å²) in [6, 6.07) is 9.30. The van der Waals surface area contributed by atoms with Gasteiger partial charge in [0.2, 0.25) is 6.29 Å². The van der Waals surface area contributed by atoms with Gasteiger partial charge in [-0.25, -0.2) is 0 Å². The molecule has 41 heavy (non-hydrogen) atoms. The summed E-state index contributed by atoms with van der Waals surface area (Å²) in [5.41, 5.74) is 0.00544. The zero-order chi connectivity index (χ0) is 29.6. The molecule has 2 aromatic carbocycles. The lowest BCUT2D eigenvalue weighted by Crippen LogP contribution is -2.61. The first-order chi connectivity index (χ1) is 19.4. The minimum absolute atomic E-state index is 0.0654. The van der Waals surface area contributed by atoms with Crippen LogP contribution >= 0.6 is 0 Å². The van der Waals surface area contributed by atoms with E-state index < -0.39 is 79.2 Å². The molecule has 5 rings (SSSR count). The lowest BCUT2D eigenvalue weighted by molar-refractivity contribution is -0.318. The van der Waals surface area contributed by atoms with Crippen LogP contribution in [0.4, 0.5) is 0 Å². The van der Waals surface area contributed by atoms with E-state index in [4.69, 9.17) is 23.4 Å². The molecule has 2 saturated heterocycles. The molecule has 2 aliphatic rings. The van der Waals surface area contributed by atoms with E-state index in [0.717, 1.165) is 0 Å². The molecular formula is C27H30O14. The van der Waals surface area contributed by atoms with Gasteiger partial charge in [-0.2, -0.15) is 0 Å². The number of fused-ring (bicyclic) bond motifs is 1. The summed E-state index contributed by atoms with van der Waals surface area (Å²) in [6.45, 7) is 1.01. The normalized spacial score (nSPS) is 34.0. The first kappa shape index (κ1) is 29.2. The van der Waals surface area contributed by atoms with Gasteiger partial charge in [0.1, 0.15) is 59.8 Å². The number of hydrogen-bond acceptors (Lipinski definition) is 14. The van der Waals surface area contributed by atoms with Crippen molar-refractivity contribution < 1.29 is 64.2 Å². The highest BCUT2D eigenvalue weighted by atomic mass is 16.7. The van der Waals surface area contributed by atoms with Gasteiger partial charge in [0.25, 0.3) is 0 Å². The van der Waals surface area contributed by atoms with Gasteiger partial charge in [-0.3, -0.25) is 4.79 Å². The second kappa shape index (κ2) is 11.5. The topological polar surface area (TPSA) is 229 Å². The second-order valence-electron chi connectivity index (χ2n) is 9.98. The van der Waals surface area contributed by atoms with E-state index in [1.54, 1.807) is 0 Å². The summed E-state index contributed by atoms with van der Waals surface area (Å²) in [5.74, 6) is -0.588. The van der Waals surface area contributed by atoms with E-state index in [1.807, 2.05) is 0 Å². The molecule has 0 unspecified atom stereocenters. The van der Waals surface area contributed by atoms with Crippen molar-refractivity contribution in [3.05, 3.63) is 52.7 Å². The van der Waals surface area contributed by atoms with E-state index in [-0.39, 0.29) is 28.2 Å². The SMILES string of the molecule is C[C@@H]1O[C@@H](OC[C@H]2O[C@@H](Oc3ccc4c(=O)cc(-c5ccc(O)c(O)c5)oc4c3)[C@H](O)[C@@H](O)[C@@H]2O)[C@H](O)[C@H](O)[C@H]1O. The van der Waals surface area contributed by atoms with Gasteiger partial charge in [0, 0.05) is 17.7 Å². The Labute approximate surface area is 231 Å². The molecule has 3 heterocycles. The molecular weight excluding hydrogens is 548 g/mol. The molecule has 222 valence electrons. The maximum absolute atomic E-state index is 12.7. The molecule has 2 aliphatic heterocycles. The monoisotopic (exact) mass is 578 g/mol. The van der Waals surface area contributed by atoms with Crippen LogP contribution in [0, 0.1) is 0 Å². The number of aliphatic hydroxyl groups is 6. The highest BCUT2D eigenvalue weighted by Gasteiger charge is 2.47. The van der Waals surface area contributed by atoms with Gasteiger partial charge in [-0.05, 0) is 37.3 Å². The van der Waals surface area contributed by atoms with Crippen molar-refractivity contribution in [2.24, 2.45) is 0 Å². The fraction of sp³-hybridized carbons (Fsp3) is 0.444. The maximum Gasteiger partial charge on any atom is 0.229 e. The minimum Gasteiger partial charge on any atom is -0.504 e. The molecule has 0 radical (unpaired) electrons. The summed E-state index contributed by atoms with van der Waals surface area (Å²) in [6.07, 6.45) is -14.6. The van der Waals surface area contributed by atoms with E-state index >= 15 is 0 Å². The van der Waals surface area contributed by atoms with Gasteiger partial charge < -0.3 is 64.2 Å². The van der Waals surface area contributed by atoms with Gasteiger partial charge in [-0.15, -0.1) is 0 Å². The fourth-order valence-corrected chi connectivity index (χ4v) is 4.65. The van der Waals surface area contributed by atoms with Crippen LogP contribution in [0.25, 0.3) is 22.3 Å². The Kier molecular flexibility index (Phi) is 8.20. The summed E-state index contributed by atoms with van der Waals surface area (Å²) < 4.78 is 28.0. The molecule has 1 aromatic heterocycles. The summed E-state index contributed by atoms with van der Waals surface area (Å²) in [5, 5.41) is 80.9. The fourth-order valence-electron chi connectivity index (χ4n) is 4.65. The Bertz CT molecular complexity index is 1440. The number of phenols is 2. The molecule has 0 bridgehead atoms. The number of benzene rings is 2. The number of hydrogen-bond donors (Lipinski definition) is 8. The summed E-state index contributed by atoms with van der Waals surface area (Å²) in [4.78, 5) is 12.7. The Morgan fingerprint density at radius 2 is 1.46 bits per heavy atom. The number of ether oxygens (including phenoxy) is 4. The molecule has 0 amide bonds. The molecule has 0 aliphatic carbocycles. The predicted octanol–water partition coefficient (Wildman–Crippen LogP) is -1.10. The summed E-state index contributed by atoms with van der Waals surface area (Å²) >= 11 is 0. The van der Waals surface area contributed by atoms with Crippen LogP contribution in [0.2, 0.25) is 0 Å². The highest BCUT2D eigenvalue weighted by molar-refractivity contribution is 5.80. The van der Waals surface area contributed by atoms with Crippen LogP contribution in [0.1, 0.15) is 6.92 Å². The third-order valence-corrected chi connectivity index (χ3v) is 7.11. The predicted molar refractivity (Wildman–Crippen MR) is 137 cm³/mol. The van der Waals surface area contributed by atoms with Crippen LogP contribution in [-0.4, -0.2) is 109 Å². The lowest BCUT2D eigenvalue weighted by atomic mass is 9.98. The van der Waals surface area contributed by atoms with Gasteiger partial charge >= 0.3 is 0 Å². The zero-order valence-electron chi connectivity index (χ0n) is 21.5. The van der Waals surface area contributed by atoms with Crippen LogP contribution < -0.4 is 10.2 Å². The van der Waals surface area contributed by atoms with E-state index in [1.165, 1.54) is 49.4 Å². The van der Waals surface area contributed by atoms with Crippen LogP contribution in [0.15, 0.2) is 51.7 Å². The standard InChI is InChI=1S/C27H30O14/c1-10-20(31)22(33)24(35)26(38-10)37-9-19-21(32)23(34)25(36)27(41-19)39-12-3-4-13-15(29)8-17(40-18(13)7-12)11-2-5-14(28)16(30)6-11/h2-8,10,19-28,30-36H,9H2,1H3/t10-,19+,20-,21+,22+,23-,24+,25+,26+,27+/m0/s1. The Morgan fingerprint density at radius 1 is 0.756 bits per heavy atom. The van der Waals surface area contributed by atoms with Crippen molar-refractivity contribution in [2.75, 3.05) is 6.61 Å². The number of aromatic hydroxyl groups is 2. The summed E-state index contributed by atoms with van der Waals surface area (Å²) in [7, 11) is 0.